The highest BCUT2D eigenvalue weighted by atomic mass is 35.5. The average molecular weight is 516 g/mol. The second kappa shape index (κ2) is 21.1. The van der Waals surface area contributed by atoms with Gasteiger partial charge in [0.15, 0.2) is 0 Å². The summed E-state index contributed by atoms with van der Waals surface area (Å²) >= 11 is 5.24. The fourth-order valence-electron chi connectivity index (χ4n) is 3.51. The van der Waals surface area contributed by atoms with E-state index in [0.717, 1.165) is 43.8 Å². The number of piperidine rings is 1. The van der Waals surface area contributed by atoms with Crippen molar-refractivity contribution in [3.63, 3.8) is 0 Å². The van der Waals surface area contributed by atoms with Gasteiger partial charge in [-0.2, -0.15) is 0 Å². The van der Waals surface area contributed by atoms with Gasteiger partial charge in [0.1, 0.15) is 18.5 Å². The monoisotopic (exact) mass is 515 g/mol. The Balaban J connectivity index is 0. The molecule has 7 heteroatoms. The van der Waals surface area contributed by atoms with E-state index in [1.165, 1.54) is 26.3 Å². The fraction of sp³-hybridized carbons (Fsp3) is 1.00. The van der Waals surface area contributed by atoms with Gasteiger partial charge < -0.3 is 16.0 Å². The Morgan fingerprint density at radius 2 is 1.06 bits per heavy atom. The molecule has 3 aliphatic rings. The summed E-state index contributed by atoms with van der Waals surface area (Å²) in [7, 11) is 0. The van der Waals surface area contributed by atoms with E-state index in [2.05, 4.69) is 43.6 Å². The third-order valence-corrected chi connectivity index (χ3v) is 6.90. The summed E-state index contributed by atoms with van der Waals surface area (Å²) in [5.41, 5.74) is 0. The Bertz CT molecular complexity index is 381. The quantitative estimate of drug-likeness (QED) is 0.321. The van der Waals surface area contributed by atoms with Crippen LogP contribution in [0.15, 0.2) is 0 Å². The van der Waals surface area contributed by atoms with Crippen molar-refractivity contribution in [2.75, 3.05) is 19.6 Å². The predicted molar refractivity (Wildman–Crippen MR) is 145 cm³/mol. The first kappa shape index (κ1) is 36.1. The molecule has 3 fully saturated rings. The molecule has 3 nitrogen and oxygen atoms in total. The molecule has 0 bridgehead atoms. The van der Waals surface area contributed by atoms with Crippen LogP contribution in [0.1, 0.15) is 94.9 Å². The van der Waals surface area contributed by atoms with Crippen LogP contribution in [0.2, 0.25) is 0 Å². The van der Waals surface area contributed by atoms with Crippen molar-refractivity contribution in [1.82, 2.24) is 16.0 Å². The summed E-state index contributed by atoms with van der Waals surface area (Å²) in [4.78, 5) is 0. The van der Waals surface area contributed by atoms with Crippen LogP contribution in [0.5, 0.6) is 0 Å². The highest BCUT2D eigenvalue weighted by molar-refractivity contribution is 6.20. The maximum absolute atomic E-state index is 12.8. The zero-order valence-corrected chi connectivity index (χ0v) is 24.5. The first-order chi connectivity index (χ1) is 15.8. The number of hydrogen-bond acceptors (Lipinski definition) is 3. The van der Waals surface area contributed by atoms with Gasteiger partial charge in [-0.05, 0) is 83.6 Å². The van der Waals surface area contributed by atoms with Gasteiger partial charge in [0.25, 0.3) is 0 Å². The lowest BCUT2D eigenvalue weighted by Crippen LogP contribution is -2.50. The second-order valence-electron chi connectivity index (χ2n) is 10.4. The number of alkyl halides is 4. The molecule has 0 amide bonds. The lowest BCUT2D eigenvalue weighted by atomic mass is 9.81. The van der Waals surface area contributed by atoms with E-state index in [0.29, 0.717) is 6.17 Å². The van der Waals surface area contributed by atoms with Crippen LogP contribution in [-0.2, 0) is 0 Å². The van der Waals surface area contributed by atoms with Crippen molar-refractivity contribution >= 4 is 11.6 Å². The number of rotatable bonds is 1. The summed E-state index contributed by atoms with van der Waals surface area (Å²) in [6, 6.07) is 0.770. The van der Waals surface area contributed by atoms with Crippen LogP contribution >= 0.6 is 11.6 Å². The van der Waals surface area contributed by atoms with Crippen LogP contribution < -0.4 is 16.0 Å². The first-order valence-corrected chi connectivity index (χ1v) is 14.0. The Morgan fingerprint density at radius 3 is 1.32 bits per heavy atom. The van der Waals surface area contributed by atoms with Crippen LogP contribution in [0.4, 0.5) is 13.2 Å². The highest BCUT2D eigenvalue weighted by Crippen LogP contribution is 2.32. The molecule has 8 atom stereocenters. The normalized spacial score (nSPS) is 36.9. The zero-order chi connectivity index (χ0) is 26.8. The van der Waals surface area contributed by atoms with E-state index in [4.69, 9.17) is 11.6 Å². The van der Waals surface area contributed by atoms with Crippen LogP contribution in [0.25, 0.3) is 0 Å². The van der Waals surface area contributed by atoms with E-state index in [1.807, 2.05) is 13.8 Å². The molecule has 0 aromatic heterocycles. The minimum absolute atomic E-state index is 0.0776. The van der Waals surface area contributed by atoms with Gasteiger partial charge >= 0.3 is 0 Å². The molecule has 2 saturated heterocycles. The minimum Gasteiger partial charge on any atom is -0.314 e. The van der Waals surface area contributed by atoms with E-state index < -0.39 is 18.5 Å². The van der Waals surface area contributed by atoms with Crippen LogP contribution in [0, 0.1) is 23.7 Å². The summed E-state index contributed by atoms with van der Waals surface area (Å²) < 4.78 is 37.4. The maximum Gasteiger partial charge on any atom is 0.134 e. The van der Waals surface area contributed by atoms with Gasteiger partial charge in [-0.3, -0.25) is 0 Å². The largest absolute Gasteiger partial charge is 0.314 e. The van der Waals surface area contributed by atoms with E-state index in [-0.39, 0.29) is 17.2 Å². The van der Waals surface area contributed by atoms with Gasteiger partial charge in [-0.25, -0.2) is 13.2 Å². The molecule has 1 saturated carbocycles. The second-order valence-corrected chi connectivity index (χ2v) is 11.1. The summed E-state index contributed by atoms with van der Waals surface area (Å²) in [6.07, 6.45) is 1.64. The van der Waals surface area contributed by atoms with Crippen molar-refractivity contribution < 1.29 is 13.2 Å². The lowest BCUT2D eigenvalue weighted by Gasteiger charge is -2.30. The number of hydrogen-bond donors (Lipinski definition) is 3. The van der Waals surface area contributed by atoms with Gasteiger partial charge in [0.2, 0.25) is 0 Å². The van der Waals surface area contributed by atoms with Crippen LogP contribution in [0.3, 0.4) is 0 Å². The summed E-state index contributed by atoms with van der Waals surface area (Å²) in [5.74, 6) is 1.55. The average Bonchev–Trinajstić information content (AvgIpc) is 2.81. The minimum atomic E-state index is -1.22. The standard InChI is InChI=1S/C8H14F2.C7H15N.C6H14N2.C4H8ClF.C2H6/c1-5-3-4-6(2)8(10)7(5)9;1-6-3-4-7(2)8-5-6;1-5-3-7-6(2)8-4-5;1-3(5)4(2)6;1-2/h5-8H,3-4H2,1-2H3;6-8H,3-5H2,1-2H3;5-8H,3-4H2,1-2H3;3-4H,1-2H3;1-2H3. The maximum atomic E-state index is 12.8. The van der Waals surface area contributed by atoms with E-state index >= 15 is 0 Å². The molecule has 2 heterocycles. The van der Waals surface area contributed by atoms with Gasteiger partial charge in [-0.15, -0.1) is 11.6 Å². The van der Waals surface area contributed by atoms with Crippen molar-refractivity contribution in [1.29, 1.82) is 0 Å². The molecule has 8 unspecified atom stereocenters. The van der Waals surface area contributed by atoms with Crippen molar-refractivity contribution in [2.24, 2.45) is 23.7 Å². The molecule has 1 aliphatic carbocycles. The SMILES string of the molecule is CC.CC(F)C(C)Cl.CC1CCC(C)C(F)C1F.CC1CCC(C)NC1.CC1CNC(C)NC1. The summed E-state index contributed by atoms with van der Waals surface area (Å²) in [6.45, 7) is 23.1. The molecule has 0 aromatic carbocycles. The Hall–Kier alpha value is -0.0400. The van der Waals surface area contributed by atoms with Crippen molar-refractivity contribution in [3.8, 4) is 0 Å². The van der Waals surface area contributed by atoms with Crippen LogP contribution in [-0.4, -0.2) is 55.7 Å². The molecule has 0 aromatic rings. The third kappa shape index (κ3) is 18.3. The molecule has 0 radical (unpaired) electrons. The van der Waals surface area contributed by atoms with Gasteiger partial charge in [0, 0.05) is 19.1 Å². The van der Waals surface area contributed by atoms with Gasteiger partial charge in [-0.1, -0.05) is 41.5 Å². The topological polar surface area (TPSA) is 36.1 Å². The predicted octanol–water partition coefficient (Wildman–Crippen LogP) is 7.28. The number of halogens is 4. The van der Waals surface area contributed by atoms with Crippen molar-refractivity contribution in [2.45, 2.75) is 131 Å². The van der Waals surface area contributed by atoms with E-state index in [1.54, 1.807) is 20.8 Å². The molecule has 0 spiro atoms. The van der Waals surface area contributed by atoms with Gasteiger partial charge in [0.05, 0.1) is 11.5 Å². The Labute approximate surface area is 215 Å². The summed E-state index contributed by atoms with van der Waals surface area (Å²) in [5, 5.41) is 9.73. The Kier molecular flexibility index (Phi) is 22.4. The molecule has 3 N–H and O–H groups in total. The van der Waals surface area contributed by atoms with E-state index in [9.17, 15) is 13.2 Å². The molecule has 2 aliphatic heterocycles. The zero-order valence-electron chi connectivity index (χ0n) is 23.7. The molecular weight excluding hydrogens is 459 g/mol. The van der Waals surface area contributed by atoms with Crippen molar-refractivity contribution in [3.05, 3.63) is 0 Å². The number of nitrogens with one attached hydrogen (secondary N) is 3. The molecule has 3 rings (SSSR count). The molecule has 34 heavy (non-hydrogen) atoms. The molecule has 208 valence electrons. The smallest absolute Gasteiger partial charge is 0.134 e. The lowest BCUT2D eigenvalue weighted by molar-refractivity contribution is 0.0367. The Morgan fingerprint density at radius 1 is 0.676 bits per heavy atom. The highest BCUT2D eigenvalue weighted by Gasteiger charge is 2.35. The fourth-order valence-corrected chi connectivity index (χ4v) is 3.51. The third-order valence-electron chi connectivity index (χ3n) is 6.55. The molecular formula is C27H57ClF3N3. The first-order valence-electron chi connectivity index (χ1n) is 13.6.